The Morgan fingerprint density at radius 3 is 1.05 bits per heavy atom. The van der Waals surface area contributed by atoms with Crippen LogP contribution in [0.25, 0.3) is 76.1 Å². The van der Waals surface area contributed by atoms with Crippen LogP contribution in [-0.2, 0) is 0 Å². The van der Waals surface area contributed by atoms with Gasteiger partial charge in [0.2, 0.25) is 0 Å². The third kappa shape index (κ3) is 5.96. The highest BCUT2D eigenvalue weighted by atomic mass is 16.5. The summed E-state index contributed by atoms with van der Waals surface area (Å²) in [6, 6.07) is 53.0. The fourth-order valence-electron chi connectivity index (χ4n) is 7.69. The Morgan fingerprint density at radius 2 is 0.607 bits per heavy atom. The Morgan fingerprint density at radius 1 is 0.268 bits per heavy atom. The van der Waals surface area contributed by atoms with Crippen molar-refractivity contribution in [1.29, 1.82) is 0 Å². The standard InChI is InChI=1S/C50H32O6/c51-39-13-5-29-1-3-34(21-36(29)23-39)49-45-27-43(17-9-32(45)11-19-47(49)53)55-41-15-7-31-8-16-42(26-38(31)25-41)56-44-18-10-33-12-20-48(54)50(46(33)28-44)35-4-2-30-6-14-40(52)24-37(30)22-35/h1-28,51-54H. The van der Waals surface area contributed by atoms with Crippen molar-refractivity contribution in [1.82, 2.24) is 0 Å². The highest BCUT2D eigenvalue weighted by Crippen LogP contribution is 2.42. The number of benzene rings is 10. The molecule has 0 aliphatic carbocycles. The summed E-state index contributed by atoms with van der Waals surface area (Å²) in [5.41, 5.74) is 3.03. The fourth-order valence-corrected chi connectivity index (χ4v) is 7.69. The van der Waals surface area contributed by atoms with Gasteiger partial charge >= 0.3 is 0 Å². The first-order chi connectivity index (χ1) is 27.3. The van der Waals surface area contributed by atoms with Gasteiger partial charge in [-0.1, -0.05) is 72.8 Å². The lowest BCUT2D eigenvalue weighted by molar-refractivity contribution is 0.475. The van der Waals surface area contributed by atoms with Crippen molar-refractivity contribution in [2.75, 3.05) is 0 Å². The van der Waals surface area contributed by atoms with E-state index < -0.39 is 0 Å². The van der Waals surface area contributed by atoms with Gasteiger partial charge in [0.15, 0.2) is 0 Å². The number of ether oxygens (including phenoxy) is 2. The Balaban J connectivity index is 0.960. The van der Waals surface area contributed by atoms with Gasteiger partial charge < -0.3 is 29.9 Å². The maximum atomic E-state index is 11.1. The molecule has 0 radical (unpaired) electrons. The van der Waals surface area contributed by atoms with Gasteiger partial charge in [0.25, 0.3) is 0 Å². The molecule has 0 saturated heterocycles. The summed E-state index contributed by atoms with van der Waals surface area (Å²) in [6.07, 6.45) is 0. The van der Waals surface area contributed by atoms with Crippen LogP contribution < -0.4 is 9.47 Å². The average molecular weight is 729 g/mol. The van der Waals surface area contributed by atoms with Gasteiger partial charge in [0.1, 0.15) is 46.0 Å². The van der Waals surface area contributed by atoms with Crippen LogP contribution in [0.1, 0.15) is 0 Å². The van der Waals surface area contributed by atoms with E-state index in [1.54, 1.807) is 36.4 Å². The number of hydrogen-bond acceptors (Lipinski definition) is 6. The Bertz CT molecular complexity index is 2990. The van der Waals surface area contributed by atoms with Crippen LogP contribution in [0, 0.1) is 0 Å². The number of hydrogen-bond donors (Lipinski definition) is 4. The number of fused-ring (bicyclic) bond motifs is 5. The second-order valence-electron chi connectivity index (χ2n) is 14.1. The number of phenols is 4. The second kappa shape index (κ2) is 13.0. The summed E-state index contributed by atoms with van der Waals surface area (Å²) < 4.78 is 12.8. The summed E-state index contributed by atoms with van der Waals surface area (Å²) in [5.74, 6) is 3.21. The molecule has 0 bridgehead atoms. The SMILES string of the molecule is Oc1ccc2ccc(-c3c(O)ccc4ccc(Oc5ccc6ccc(Oc7ccc8ccc(O)c(-c9ccc%10ccc(O)cc%10c9)c8c7)cc6c5)cc34)cc2c1. The largest absolute Gasteiger partial charge is 0.508 e. The molecule has 0 amide bonds. The minimum absolute atomic E-state index is 0.154. The van der Waals surface area contributed by atoms with Gasteiger partial charge in [-0.15, -0.1) is 0 Å². The summed E-state index contributed by atoms with van der Waals surface area (Å²) in [5, 5.41) is 51.6. The molecule has 0 fully saturated rings. The number of aromatic hydroxyl groups is 4. The van der Waals surface area contributed by atoms with Crippen molar-refractivity contribution < 1.29 is 29.9 Å². The lowest BCUT2D eigenvalue weighted by Crippen LogP contribution is -1.89. The molecule has 268 valence electrons. The van der Waals surface area contributed by atoms with Gasteiger partial charge in [-0.25, -0.2) is 0 Å². The van der Waals surface area contributed by atoms with Crippen molar-refractivity contribution in [2.45, 2.75) is 0 Å². The maximum Gasteiger partial charge on any atom is 0.128 e. The number of rotatable bonds is 6. The Labute approximate surface area is 320 Å². The van der Waals surface area contributed by atoms with Crippen LogP contribution in [-0.4, -0.2) is 20.4 Å². The first-order valence-electron chi connectivity index (χ1n) is 18.2. The van der Waals surface area contributed by atoms with Gasteiger partial charge in [-0.3, -0.25) is 0 Å². The normalized spacial score (nSPS) is 11.5. The predicted molar refractivity (Wildman–Crippen MR) is 225 cm³/mol. The van der Waals surface area contributed by atoms with Crippen LogP contribution in [0.5, 0.6) is 46.0 Å². The van der Waals surface area contributed by atoms with E-state index in [-0.39, 0.29) is 23.0 Å². The van der Waals surface area contributed by atoms with E-state index in [9.17, 15) is 20.4 Å². The zero-order chi connectivity index (χ0) is 37.9. The van der Waals surface area contributed by atoms with Crippen molar-refractivity contribution >= 4 is 53.9 Å². The molecule has 0 heterocycles. The van der Waals surface area contributed by atoms with Crippen molar-refractivity contribution in [2.24, 2.45) is 0 Å². The zero-order valence-electron chi connectivity index (χ0n) is 29.8. The third-order valence-corrected chi connectivity index (χ3v) is 10.4. The molecule has 6 nitrogen and oxygen atoms in total. The fraction of sp³-hybridized carbons (Fsp3) is 0. The van der Waals surface area contributed by atoms with Crippen molar-refractivity contribution in [3.8, 4) is 68.2 Å². The predicted octanol–water partition coefficient (Wildman–Crippen LogP) is 13.2. The van der Waals surface area contributed by atoms with Gasteiger partial charge in [0, 0.05) is 11.1 Å². The lowest BCUT2D eigenvalue weighted by atomic mass is 9.95. The highest BCUT2D eigenvalue weighted by Gasteiger charge is 2.15. The molecular weight excluding hydrogens is 697 g/mol. The van der Waals surface area contributed by atoms with Crippen LogP contribution >= 0.6 is 0 Å². The molecule has 0 saturated carbocycles. The quantitative estimate of drug-likeness (QED) is 0.136. The van der Waals surface area contributed by atoms with Crippen LogP contribution in [0.3, 0.4) is 0 Å². The summed E-state index contributed by atoms with van der Waals surface area (Å²) in [4.78, 5) is 0. The van der Waals surface area contributed by atoms with Crippen LogP contribution in [0.4, 0.5) is 0 Å². The molecule has 10 aromatic rings. The second-order valence-corrected chi connectivity index (χ2v) is 14.1. The van der Waals surface area contributed by atoms with Crippen molar-refractivity contribution in [3.05, 3.63) is 170 Å². The van der Waals surface area contributed by atoms with E-state index in [1.165, 1.54) is 0 Å². The monoisotopic (exact) mass is 728 g/mol. The van der Waals surface area contributed by atoms with Gasteiger partial charge in [-0.05, 0) is 162 Å². The summed E-state index contributed by atoms with van der Waals surface area (Å²) in [7, 11) is 0. The molecule has 0 unspecified atom stereocenters. The molecule has 0 spiro atoms. The molecule has 0 aromatic heterocycles. The van der Waals surface area contributed by atoms with Crippen LogP contribution in [0.15, 0.2) is 170 Å². The molecule has 6 heteroatoms. The smallest absolute Gasteiger partial charge is 0.128 e. The lowest BCUT2D eigenvalue weighted by Gasteiger charge is -2.14. The van der Waals surface area contributed by atoms with E-state index in [1.807, 2.05) is 133 Å². The van der Waals surface area contributed by atoms with E-state index in [0.717, 1.165) is 65.0 Å². The van der Waals surface area contributed by atoms with Crippen molar-refractivity contribution in [3.63, 3.8) is 0 Å². The first kappa shape index (κ1) is 32.9. The van der Waals surface area contributed by atoms with Crippen LogP contribution in [0.2, 0.25) is 0 Å². The Kier molecular flexibility index (Phi) is 7.64. The summed E-state index contributed by atoms with van der Waals surface area (Å²) >= 11 is 0. The molecule has 10 aromatic carbocycles. The van der Waals surface area contributed by atoms with E-state index in [2.05, 4.69) is 0 Å². The molecule has 10 rings (SSSR count). The van der Waals surface area contributed by atoms with Gasteiger partial charge in [-0.2, -0.15) is 0 Å². The Hall–Kier alpha value is -7.70. The highest BCUT2D eigenvalue weighted by molar-refractivity contribution is 6.04. The molecule has 0 aliphatic rings. The maximum absolute atomic E-state index is 11.1. The van der Waals surface area contributed by atoms with Gasteiger partial charge in [0.05, 0.1) is 0 Å². The molecule has 0 atom stereocenters. The van der Waals surface area contributed by atoms with E-state index >= 15 is 0 Å². The van der Waals surface area contributed by atoms with E-state index in [4.69, 9.17) is 9.47 Å². The molecule has 56 heavy (non-hydrogen) atoms. The molecule has 4 N–H and O–H groups in total. The minimum Gasteiger partial charge on any atom is -0.508 e. The minimum atomic E-state index is 0.154. The first-order valence-corrected chi connectivity index (χ1v) is 18.2. The zero-order valence-corrected chi connectivity index (χ0v) is 29.8. The average Bonchev–Trinajstić information content (AvgIpc) is 3.20. The third-order valence-electron chi connectivity index (χ3n) is 10.4. The topological polar surface area (TPSA) is 99.4 Å². The molecule has 0 aliphatic heterocycles. The summed E-state index contributed by atoms with van der Waals surface area (Å²) in [6.45, 7) is 0. The molecular formula is C50H32O6. The van der Waals surface area contributed by atoms with E-state index in [0.29, 0.717) is 34.1 Å². The number of phenolic OH excluding ortho intramolecular Hbond substituents is 4.